The summed E-state index contributed by atoms with van der Waals surface area (Å²) in [6.07, 6.45) is 0. The lowest BCUT2D eigenvalue weighted by atomic mass is 10.1. The molecule has 1 unspecified atom stereocenters. The third-order valence-corrected chi connectivity index (χ3v) is 3.69. The van der Waals surface area contributed by atoms with E-state index in [1.807, 2.05) is 45.0 Å². The Morgan fingerprint density at radius 1 is 1.43 bits per heavy atom. The fraction of sp³-hybridized carbons (Fsp3) is 0.333. The van der Waals surface area contributed by atoms with E-state index in [9.17, 15) is 4.79 Å². The van der Waals surface area contributed by atoms with Crippen molar-refractivity contribution in [3.63, 3.8) is 0 Å². The van der Waals surface area contributed by atoms with Crippen LogP contribution in [0.15, 0.2) is 33.3 Å². The number of amides is 1. The number of carbonyl (C=O) groups is 1. The molecular weight excluding hydrogens is 334 g/mol. The van der Waals surface area contributed by atoms with Gasteiger partial charge >= 0.3 is 0 Å². The van der Waals surface area contributed by atoms with Crippen LogP contribution in [0.4, 0.5) is 5.69 Å². The minimum atomic E-state index is -0.0910. The van der Waals surface area contributed by atoms with Crippen molar-refractivity contribution in [1.29, 1.82) is 0 Å². The SMILES string of the molecule is Cc1noc(C)c1C(C)NCC(=O)Nc1cccc(Br)c1. The Hall–Kier alpha value is -1.66. The van der Waals surface area contributed by atoms with Crippen LogP contribution in [0.3, 0.4) is 0 Å². The lowest BCUT2D eigenvalue weighted by Gasteiger charge is -2.13. The first-order chi connectivity index (χ1) is 9.97. The van der Waals surface area contributed by atoms with Crippen molar-refractivity contribution in [2.45, 2.75) is 26.8 Å². The highest BCUT2D eigenvalue weighted by Crippen LogP contribution is 2.20. The van der Waals surface area contributed by atoms with E-state index in [1.54, 1.807) is 0 Å². The van der Waals surface area contributed by atoms with Crippen molar-refractivity contribution in [2.75, 3.05) is 11.9 Å². The molecule has 0 aliphatic heterocycles. The zero-order valence-corrected chi connectivity index (χ0v) is 13.8. The van der Waals surface area contributed by atoms with Gasteiger partial charge in [-0.2, -0.15) is 0 Å². The molecular formula is C15H18BrN3O2. The molecule has 1 aromatic heterocycles. The van der Waals surface area contributed by atoms with Crippen LogP contribution >= 0.6 is 15.9 Å². The first-order valence-electron chi connectivity index (χ1n) is 6.69. The molecule has 0 fully saturated rings. The topological polar surface area (TPSA) is 67.2 Å². The number of hydrogen-bond donors (Lipinski definition) is 2. The summed E-state index contributed by atoms with van der Waals surface area (Å²) in [6, 6.07) is 7.49. The number of benzene rings is 1. The summed E-state index contributed by atoms with van der Waals surface area (Å²) < 4.78 is 6.06. The van der Waals surface area contributed by atoms with Gasteiger partial charge in [0.05, 0.1) is 12.2 Å². The lowest BCUT2D eigenvalue weighted by Crippen LogP contribution is -2.30. The average Bonchev–Trinajstić information content (AvgIpc) is 2.76. The number of halogens is 1. The van der Waals surface area contributed by atoms with Gasteiger partial charge < -0.3 is 15.2 Å². The molecule has 2 rings (SSSR count). The van der Waals surface area contributed by atoms with Gasteiger partial charge in [0.2, 0.25) is 5.91 Å². The Balaban J connectivity index is 1.89. The van der Waals surface area contributed by atoms with Gasteiger partial charge in [-0.1, -0.05) is 27.2 Å². The van der Waals surface area contributed by atoms with Gasteiger partial charge in [0.25, 0.3) is 0 Å². The van der Waals surface area contributed by atoms with Crippen LogP contribution in [0.2, 0.25) is 0 Å². The number of anilines is 1. The van der Waals surface area contributed by atoms with Crippen LogP contribution in [0.1, 0.15) is 30.0 Å². The molecule has 1 heterocycles. The van der Waals surface area contributed by atoms with Crippen molar-refractivity contribution in [3.05, 3.63) is 45.8 Å². The van der Waals surface area contributed by atoms with E-state index in [2.05, 4.69) is 31.7 Å². The van der Waals surface area contributed by atoms with Gasteiger partial charge in [0.1, 0.15) is 5.76 Å². The van der Waals surface area contributed by atoms with Crippen molar-refractivity contribution >= 4 is 27.5 Å². The number of nitrogens with one attached hydrogen (secondary N) is 2. The molecule has 1 amide bonds. The second kappa shape index (κ2) is 6.87. The van der Waals surface area contributed by atoms with Crippen LogP contribution in [-0.2, 0) is 4.79 Å². The summed E-state index contributed by atoms with van der Waals surface area (Å²) in [5, 5.41) is 9.94. The Kier molecular flexibility index (Phi) is 5.14. The maximum atomic E-state index is 11.9. The average molecular weight is 352 g/mol. The van der Waals surface area contributed by atoms with Crippen LogP contribution in [0, 0.1) is 13.8 Å². The molecule has 112 valence electrons. The highest BCUT2D eigenvalue weighted by Gasteiger charge is 2.16. The quantitative estimate of drug-likeness (QED) is 0.866. The van der Waals surface area contributed by atoms with Gasteiger partial charge in [0, 0.05) is 21.8 Å². The Morgan fingerprint density at radius 3 is 2.81 bits per heavy atom. The molecule has 0 aliphatic carbocycles. The first kappa shape index (κ1) is 15.7. The molecule has 0 saturated heterocycles. The predicted octanol–water partition coefficient (Wildman–Crippen LogP) is 3.34. The molecule has 1 aromatic carbocycles. The maximum absolute atomic E-state index is 11.9. The smallest absolute Gasteiger partial charge is 0.238 e. The number of nitrogens with zero attached hydrogens (tertiary/aromatic N) is 1. The van der Waals surface area contributed by atoms with Gasteiger partial charge in [-0.05, 0) is 39.0 Å². The Labute approximate surface area is 132 Å². The number of hydrogen-bond acceptors (Lipinski definition) is 4. The third kappa shape index (κ3) is 4.15. The van der Waals surface area contributed by atoms with Gasteiger partial charge in [-0.25, -0.2) is 0 Å². The molecule has 0 spiro atoms. The zero-order chi connectivity index (χ0) is 15.4. The standard InChI is InChI=1S/C15H18BrN3O2/c1-9(15-10(2)19-21-11(15)3)17-8-14(20)18-13-6-4-5-12(16)7-13/h4-7,9,17H,8H2,1-3H3,(H,18,20). The van der Waals surface area contributed by atoms with Crippen molar-refractivity contribution in [1.82, 2.24) is 10.5 Å². The van der Waals surface area contributed by atoms with Crippen molar-refractivity contribution in [3.8, 4) is 0 Å². The first-order valence-corrected chi connectivity index (χ1v) is 7.48. The number of aromatic nitrogens is 1. The van der Waals surface area contributed by atoms with E-state index in [4.69, 9.17) is 4.52 Å². The summed E-state index contributed by atoms with van der Waals surface area (Å²) in [5.41, 5.74) is 2.62. The highest BCUT2D eigenvalue weighted by atomic mass is 79.9. The monoisotopic (exact) mass is 351 g/mol. The van der Waals surface area contributed by atoms with Gasteiger partial charge in [-0.3, -0.25) is 4.79 Å². The Bertz CT molecular complexity index is 620. The normalized spacial score (nSPS) is 12.2. The van der Waals surface area contributed by atoms with Crippen LogP contribution in [0.5, 0.6) is 0 Å². The highest BCUT2D eigenvalue weighted by molar-refractivity contribution is 9.10. The fourth-order valence-electron chi connectivity index (χ4n) is 2.23. The van der Waals surface area contributed by atoms with E-state index in [0.29, 0.717) is 0 Å². The van der Waals surface area contributed by atoms with Crippen LogP contribution < -0.4 is 10.6 Å². The fourth-order valence-corrected chi connectivity index (χ4v) is 2.63. The summed E-state index contributed by atoms with van der Waals surface area (Å²) in [7, 11) is 0. The largest absolute Gasteiger partial charge is 0.361 e. The van der Waals surface area contributed by atoms with E-state index in [-0.39, 0.29) is 18.5 Å². The van der Waals surface area contributed by atoms with Crippen molar-refractivity contribution in [2.24, 2.45) is 0 Å². The molecule has 6 heteroatoms. The molecule has 0 aliphatic rings. The Morgan fingerprint density at radius 2 is 2.19 bits per heavy atom. The lowest BCUT2D eigenvalue weighted by molar-refractivity contribution is -0.115. The molecule has 0 bridgehead atoms. The van der Waals surface area contributed by atoms with E-state index in [1.165, 1.54) is 0 Å². The van der Waals surface area contributed by atoms with Crippen LogP contribution in [-0.4, -0.2) is 17.6 Å². The second-order valence-electron chi connectivity index (χ2n) is 4.90. The minimum absolute atomic E-state index is 0.00418. The van der Waals surface area contributed by atoms with E-state index >= 15 is 0 Å². The maximum Gasteiger partial charge on any atom is 0.238 e. The summed E-state index contributed by atoms with van der Waals surface area (Å²) in [6.45, 7) is 5.97. The molecule has 0 radical (unpaired) electrons. The molecule has 2 aromatic rings. The predicted molar refractivity (Wildman–Crippen MR) is 85.2 cm³/mol. The molecule has 21 heavy (non-hydrogen) atoms. The molecule has 2 N–H and O–H groups in total. The number of carbonyl (C=O) groups excluding carboxylic acids is 1. The van der Waals surface area contributed by atoms with E-state index in [0.717, 1.165) is 27.2 Å². The van der Waals surface area contributed by atoms with E-state index < -0.39 is 0 Å². The van der Waals surface area contributed by atoms with Gasteiger partial charge in [0.15, 0.2) is 0 Å². The van der Waals surface area contributed by atoms with Crippen molar-refractivity contribution < 1.29 is 9.32 Å². The molecule has 0 saturated carbocycles. The summed E-state index contributed by atoms with van der Waals surface area (Å²) in [4.78, 5) is 11.9. The second-order valence-corrected chi connectivity index (χ2v) is 5.81. The minimum Gasteiger partial charge on any atom is -0.361 e. The van der Waals surface area contributed by atoms with Gasteiger partial charge in [-0.15, -0.1) is 0 Å². The molecule has 1 atom stereocenters. The third-order valence-electron chi connectivity index (χ3n) is 3.20. The number of aryl methyl sites for hydroxylation is 2. The zero-order valence-electron chi connectivity index (χ0n) is 12.2. The summed E-state index contributed by atoms with van der Waals surface area (Å²) >= 11 is 3.37. The molecule has 5 nitrogen and oxygen atoms in total. The summed E-state index contributed by atoms with van der Waals surface area (Å²) in [5.74, 6) is 0.687. The number of rotatable bonds is 5. The van der Waals surface area contributed by atoms with Crippen LogP contribution in [0.25, 0.3) is 0 Å².